The molecule has 0 spiro atoms. The van der Waals surface area contributed by atoms with Gasteiger partial charge in [0.1, 0.15) is 11.6 Å². The van der Waals surface area contributed by atoms with Gasteiger partial charge in [-0.3, -0.25) is 9.59 Å². The summed E-state index contributed by atoms with van der Waals surface area (Å²) >= 11 is 6.16. The molecule has 0 saturated carbocycles. The number of hydrogen-bond acceptors (Lipinski definition) is 2. The van der Waals surface area contributed by atoms with E-state index >= 15 is 0 Å². The van der Waals surface area contributed by atoms with E-state index in [2.05, 4.69) is 42.2 Å². The third-order valence-corrected chi connectivity index (χ3v) is 5.81. The van der Waals surface area contributed by atoms with E-state index in [0.29, 0.717) is 15.7 Å². The highest BCUT2D eigenvalue weighted by molar-refractivity contribution is 9.11. The molecule has 32 heavy (non-hydrogen) atoms. The molecule has 0 aliphatic carbocycles. The summed E-state index contributed by atoms with van der Waals surface area (Å²) in [5, 5.41) is 3.41. The van der Waals surface area contributed by atoms with Crippen molar-refractivity contribution in [2.24, 2.45) is 0 Å². The quantitative estimate of drug-likeness (QED) is 0.274. The molecule has 0 atom stereocenters. The van der Waals surface area contributed by atoms with Crippen LogP contribution >= 0.6 is 31.9 Å². The lowest BCUT2D eigenvalue weighted by atomic mass is 10.2. The minimum Gasteiger partial charge on any atom is -0.321 e. The number of carbonyl (C=O) groups excluding carboxylic acids is 1. The highest BCUT2D eigenvalue weighted by Gasteiger charge is 2.06. The Hall–Kier alpha value is -3.10. The van der Waals surface area contributed by atoms with Crippen molar-refractivity contribution in [2.75, 3.05) is 5.32 Å². The van der Waals surface area contributed by atoms with Crippen molar-refractivity contribution in [3.8, 4) is 0 Å². The number of rotatable bonds is 3. The summed E-state index contributed by atoms with van der Waals surface area (Å²) in [4.78, 5) is 25.2. The number of fused-ring (bicyclic) bond motifs is 1. The van der Waals surface area contributed by atoms with Crippen LogP contribution in [-0.4, -0.2) is 10.9 Å². The average Bonchev–Trinajstić information content (AvgIpc) is 2.79. The van der Waals surface area contributed by atoms with E-state index in [1.54, 1.807) is 24.3 Å². The highest BCUT2D eigenvalue weighted by Crippen LogP contribution is 2.25. The van der Waals surface area contributed by atoms with Gasteiger partial charge in [-0.05, 0) is 79.2 Å². The lowest BCUT2D eigenvalue weighted by Crippen LogP contribution is -2.08. The number of nitrogens with one attached hydrogen (secondary N) is 2. The molecule has 0 saturated heterocycles. The van der Waals surface area contributed by atoms with Crippen LogP contribution in [0.1, 0.15) is 5.56 Å². The molecule has 0 aliphatic rings. The van der Waals surface area contributed by atoms with Crippen LogP contribution in [0.15, 0.2) is 92.6 Å². The number of pyridine rings is 1. The van der Waals surface area contributed by atoms with Crippen LogP contribution in [0.25, 0.3) is 17.0 Å². The van der Waals surface area contributed by atoms with Crippen LogP contribution in [0.3, 0.4) is 0 Å². The van der Waals surface area contributed by atoms with Crippen molar-refractivity contribution in [1.29, 1.82) is 0 Å². The lowest BCUT2D eigenvalue weighted by molar-refractivity contribution is -0.111. The molecule has 1 amide bonds. The largest absolute Gasteiger partial charge is 0.321 e. The predicted molar refractivity (Wildman–Crippen MR) is 130 cm³/mol. The van der Waals surface area contributed by atoms with Crippen molar-refractivity contribution in [3.05, 3.63) is 115 Å². The van der Waals surface area contributed by atoms with Crippen molar-refractivity contribution in [2.45, 2.75) is 0 Å². The minimum atomic E-state index is -0.412. The maximum absolute atomic E-state index is 13.3. The first-order valence-corrected chi connectivity index (χ1v) is 10.9. The molecule has 1 aromatic heterocycles. The Kier molecular flexibility index (Phi) is 8.08. The third-order valence-electron chi connectivity index (χ3n) is 4.23. The van der Waals surface area contributed by atoms with Gasteiger partial charge in [-0.25, -0.2) is 8.78 Å². The Balaban J connectivity index is 0.000000193. The summed E-state index contributed by atoms with van der Waals surface area (Å²) in [6.45, 7) is 0. The summed E-state index contributed by atoms with van der Waals surface area (Å²) in [6, 6.07) is 20.0. The molecule has 2 N–H and O–H groups in total. The number of anilines is 1. The Labute approximate surface area is 199 Å². The van der Waals surface area contributed by atoms with Gasteiger partial charge in [0.25, 0.3) is 0 Å². The van der Waals surface area contributed by atoms with Crippen LogP contribution in [0, 0.1) is 11.6 Å². The van der Waals surface area contributed by atoms with Crippen molar-refractivity contribution < 1.29 is 13.6 Å². The second-order valence-electron chi connectivity index (χ2n) is 6.48. The molecule has 8 heteroatoms. The smallest absolute Gasteiger partial charge is 0.248 e. The zero-order chi connectivity index (χ0) is 23.1. The molecule has 0 aliphatic heterocycles. The van der Waals surface area contributed by atoms with E-state index in [0.717, 1.165) is 10.9 Å². The molecule has 1 heterocycles. The normalized spacial score (nSPS) is 10.6. The monoisotopic (exact) mass is 560 g/mol. The molecule has 4 aromatic rings. The number of aromatic nitrogens is 1. The van der Waals surface area contributed by atoms with E-state index in [-0.39, 0.29) is 21.8 Å². The van der Waals surface area contributed by atoms with Crippen molar-refractivity contribution in [1.82, 2.24) is 4.98 Å². The first-order chi connectivity index (χ1) is 15.3. The van der Waals surface area contributed by atoms with Gasteiger partial charge >= 0.3 is 0 Å². The Morgan fingerprint density at radius 1 is 0.844 bits per heavy atom. The summed E-state index contributed by atoms with van der Waals surface area (Å²) in [6.07, 6.45) is 3.11. The number of H-pyrrole nitrogens is 1. The number of amides is 1. The fourth-order valence-electron chi connectivity index (χ4n) is 2.67. The number of carbonyl (C=O) groups is 1. The van der Waals surface area contributed by atoms with Crippen LogP contribution < -0.4 is 10.9 Å². The van der Waals surface area contributed by atoms with Crippen LogP contribution in [0.2, 0.25) is 0 Å². The fourth-order valence-corrected chi connectivity index (χ4v) is 3.50. The molecule has 0 bridgehead atoms. The average molecular weight is 562 g/mol. The van der Waals surface area contributed by atoms with E-state index in [4.69, 9.17) is 0 Å². The van der Waals surface area contributed by atoms with Gasteiger partial charge in [-0.1, -0.05) is 36.4 Å². The van der Waals surface area contributed by atoms with Crippen LogP contribution in [-0.2, 0) is 4.79 Å². The summed E-state index contributed by atoms with van der Waals surface area (Å²) in [5.41, 5.74) is 1.59. The molecular formula is C24H16Br2F2N2O2. The van der Waals surface area contributed by atoms with Gasteiger partial charge in [0, 0.05) is 12.1 Å². The zero-order valence-corrected chi connectivity index (χ0v) is 19.6. The molecule has 162 valence electrons. The maximum Gasteiger partial charge on any atom is 0.248 e. The Morgan fingerprint density at radius 3 is 2.28 bits per heavy atom. The highest BCUT2D eigenvalue weighted by atomic mass is 79.9. The molecule has 0 radical (unpaired) electrons. The van der Waals surface area contributed by atoms with Crippen LogP contribution in [0.4, 0.5) is 14.5 Å². The molecule has 4 nitrogen and oxygen atoms in total. The Morgan fingerprint density at radius 2 is 1.53 bits per heavy atom. The summed E-state index contributed by atoms with van der Waals surface area (Å²) in [5.74, 6) is -1.10. The SMILES string of the molecule is O=C(C=Cc1ccccc1)Nc1cccc(F)c1Br.O=c1ccc2ccc(F)c(Br)c2[nH]1. The molecular weight excluding hydrogens is 546 g/mol. The molecule has 0 fully saturated rings. The van der Waals surface area contributed by atoms with E-state index in [1.807, 2.05) is 30.3 Å². The van der Waals surface area contributed by atoms with Gasteiger partial charge in [0.2, 0.25) is 11.5 Å². The number of halogens is 4. The van der Waals surface area contributed by atoms with E-state index in [1.165, 1.54) is 30.3 Å². The predicted octanol–water partition coefficient (Wildman–Crippen LogP) is 6.67. The van der Waals surface area contributed by atoms with E-state index in [9.17, 15) is 18.4 Å². The fraction of sp³-hybridized carbons (Fsp3) is 0. The first-order valence-electron chi connectivity index (χ1n) is 9.30. The zero-order valence-electron chi connectivity index (χ0n) is 16.4. The number of benzene rings is 3. The summed E-state index contributed by atoms with van der Waals surface area (Å²) < 4.78 is 26.8. The Bertz CT molecular complexity index is 1340. The second kappa shape index (κ2) is 11.0. The first kappa shape index (κ1) is 23.6. The van der Waals surface area contributed by atoms with E-state index < -0.39 is 5.82 Å². The summed E-state index contributed by atoms with van der Waals surface area (Å²) in [7, 11) is 0. The lowest BCUT2D eigenvalue weighted by Gasteiger charge is -2.05. The maximum atomic E-state index is 13.3. The molecule has 4 rings (SSSR count). The van der Waals surface area contributed by atoms with Crippen molar-refractivity contribution >= 4 is 60.4 Å². The van der Waals surface area contributed by atoms with Gasteiger partial charge in [-0.15, -0.1) is 0 Å². The minimum absolute atomic E-state index is 0.237. The van der Waals surface area contributed by atoms with Crippen LogP contribution in [0.5, 0.6) is 0 Å². The van der Waals surface area contributed by atoms with Gasteiger partial charge < -0.3 is 10.3 Å². The molecule has 0 unspecified atom stereocenters. The standard InChI is InChI=1S/C15H11BrFNO.C9H5BrFNO/c16-15-12(17)7-4-8-13(15)18-14(19)10-9-11-5-2-1-3-6-11;10-8-6(11)3-1-5-2-4-7(13)12-9(5)8/h1-10H,(H,18,19);1-4H,(H,12,13). The number of hydrogen-bond donors (Lipinski definition) is 2. The third kappa shape index (κ3) is 6.21. The second-order valence-corrected chi connectivity index (χ2v) is 8.07. The van der Waals surface area contributed by atoms with Gasteiger partial charge in [0.15, 0.2) is 0 Å². The number of aromatic amines is 1. The topological polar surface area (TPSA) is 62.0 Å². The molecule has 3 aromatic carbocycles. The van der Waals surface area contributed by atoms with Crippen molar-refractivity contribution in [3.63, 3.8) is 0 Å². The van der Waals surface area contributed by atoms with Gasteiger partial charge in [-0.2, -0.15) is 0 Å². The van der Waals surface area contributed by atoms with Gasteiger partial charge in [0.05, 0.1) is 20.1 Å².